The maximum absolute atomic E-state index is 11.3. The van der Waals surface area contributed by atoms with Gasteiger partial charge in [-0.05, 0) is 6.92 Å². The van der Waals surface area contributed by atoms with Crippen LogP contribution in [-0.4, -0.2) is 27.6 Å². The Morgan fingerprint density at radius 1 is 1.53 bits per heavy atom. The summed E-state index contributed by atoms with van der Waals surface area (Å²) in [6, 6.07) is 5.70. The number of carbonyl (C=O) groups is 1. The van der Waals surface area contributed by atoms with Crippen molar-refractivity contribution in [3.8, 4) is 11.4 Å². The lowest BCUT2D eigenvalue weighted by Gasteiger charge is -1.94. The summed E-state index contributed by atoms with van der Waals surface area (Å²) in [6.45, 7) is 1.84. The summed E-state index contributed by atoms with van der Waals surface area (Å²) >= 11 is 0. The van der Waals surface area contributed by atoms with E-state index in [0.29, 0.717) is 5.56 Å². The van der Waals surface area contributed by atoms with E-state index in [2.05, 4.69) is 10.1 Å². The number of benzene rings is 1. The molecule has 8 nitrogen and oxygen atoms in total. The molecule has 1 aromatic carbocycles. The van der Waals surface area contributed by atoms with Gasteiger partial charge >= 0.3 is 11.9 Å². The highest BCUT2D eigenvalue weighted by molar-refractivity contribution is 5.84. The number of hydrogen-bond donors (Lipinski definition) is 0. The largest absolute Gasteiger partial charge is 0.459 e. The van der Waals surface area contributed by atoms with Crippen molar-refractivity contribution in [2.75, 3.05) is 6.61 Å². The van der Waals surface area contributed by atoms with Gasteiger partial charge in [-0.25, -0.2) is 4.79 Å². The summed E-state index contributed by atoms with van der Waals surface area (Å²) in [5, 5.41) is 14.2. The number of nitro benzene ring substituents is 1. The van der Waals surface area contributed by atoms with Crippen LogP contribution in [0.2, 0.25) is 0 Å². The molecule has 0 fully saturated rings. The van der Waals surface area contributed by atoms with Crippen LogP contribution in [-0.2, 0) is 4.74 Å². The molecule has 0 amide bonds. The van der Waals surface area contributed by atoms with Gasteiger partial charge in [-0.2, -0.15) is 4.98 Å². The minimum atomic E-state index is -0.730. The van der Waals surface area contributed by atoms with Crippen molar-refractivity contribution in [2.45, 2.75) is 6.92 Å². The molecule has 0 bridgehead atoms. The molecule has 8 heteroatoms. The van der Waals surface area contributed by atoms with E-state index in [-0.39, 0.29) is 24.0 Å². The number of hydrogen-bond acceptors (Lipinski definition) is 7. The van der Waals surface area contributed by atoms with Crippen LogP contribution in [0.3, 0.4) is 0 Å². The first kappa shape index (κ1) is 12.7. The molecule has 2 aromatic rings. The molecule has 0 radical (unpaired) electrons. The zero-order valence-electron chi connectivity index (χ0n) is 9.90. The second-order valence-corrected chi connectivity index (χ2v) is 3.45. The molecular formula is C11H9N3O5. The highest BCUT2D eigenvalue weighted by Gasteiger charge is 2.18. The van der Waals surface area contributed by atoms with Gasteiger partial charge in [-0.1, -0.05) is 17.3 Å². The molecule has 1 aromatic heterocycles. The van der Waals surface area contributed by atoms with Gasteiger partial charge in [0.1, 0.15) is 0 Å². The van der Waals surface area contributed by atoms with Crippen LogP contribution in [0.4, 0.5) is 5.69 Å². The number of esters is 1. The maximum atomic E-state index is 11.3. The first-order valence-corrected chi connectivity index (χ1v) is 5.37. The smallest absolute Gasteiger partial charge is 0.397 e. The predicted octanol–water partition coefficient (Wildman–Crippen LogP) is 1.82. The highest BCUT2D eigenvalue weighted by atomic mass is 16.6. The molecule has 0 aliphatic carbocycles. The lowest BCUT2D eigenvalue weighted by Crippen LogP contribution is -2.04. The summed E-state index contributed by atoms with van der Waals surface area (Å²) in [5.74, 6) is -0.929. The summed E-state index contributed by atoms with van der Waals surface area (Å²) in [4.78, 5) is 25.3. The second kappa shape index (κ2) is 5.25. The molecule has 2 rings (SSSR count). The molecule has 0 N–H and O–H groups in total. The Kier molecular flexibility index (Phi) is 3.51. The van der Waals surface area contributed by atoms with Crippen LogP contribution in [0, 0.1) is 10.1 Å². The molecule has 1 heterocycles. The summed E-state index contributed by atoms with van der Waals surface area (Å²) in [6.07, 6.45) is 0. The Bertz CT molecular complexity index is 622. The molecule has 0 saturated carbocycles. The third-order valence-corrected chi connectivity index (χ3v) is 2.19. The first-order valence-electron chi connectivity index (χ1n) is 5.37. The fourth-order valence-corrected chi connectivity index (χ4v) is 1.38. The van der Waals surface area contributed by atoms with E-state index < -0.39 is 10.9 Å². The SMILES string of the molecule is CCOC(=O)c1nc(-c2cccc([N+](=O)[O-])c2)no1. The van der Waals surface area contributed by atoms with Crippen LogP contribution in [0.25, 0.3) is 11.4 Å². The van der Waals surface area contributed by atoms with E-state index in [1.807, 2.05) is 0 Å². The van der Waals surface area contributed by atoms with Crippen LogP contribution in [0.5, 0.6) is 0 Å². The molecule has 0 unspecified atom stereocenters. The van der Waals surface area contributed by atoms with Crippen molar-refractivity contribution in [1.82, 2.24) is 10.1 Å². The number of rotatable bonds is 4. The van der Waals surface area contributed by atoms with Crippen molar-refractivity contribution in [1.29, 1.82) is 0 Å². The third-order valence-electron chi connectivity index (χ3n) is 2.19. The Labute approximate surface area is 107 Å². The third kappa shape index (κ3) is 2.73. The normalized spacial score (nSPS) is 10.2. The molecule has 0 aliphatic rings. The van der Waals surface area contributed by atoms with Crippen molar-refractivity contribution >= 4 is 11.7 Å². The average Bonchev–Trinajstić information content (AvgIpc) is 2.89. The fraction of sp³-hybridized carbons (Fsp3) is 0.182. The van der Waals surface area contributed by atoms with Crippen molar-refractivity contribution in [2.24, 2.45) is 0 Å². The van der Waals surface area contributed by atoms with Gasteiger partial charge in [0.15, 0.2) is 0 Å². The fourth-order valence-electron chi connectivity index (χ4n) is 1.38. The van der Waals surface area contributed by atoms with Crippen LogP contribution < -0.4 is 0 Å². The number of non-ortho nitro benzene ring substituents is 1. The quantitative estimate of drug-likeness (QED) is 0.470. The Hall–Kier alpha value is -2.77. The van der Waals surface area contributed by atoms with E-state index in [1.165, 1.54) is 18.2 Å². The molecule has 19 heavy (non-hydrogen) atoms. The van der Waals surface area contributed by atoms with Crippen molar-refractivity contribution in [3.05, 3.63) is 40.3 Å². The minimum Gasteiger partial charge on any atom is -0.459 e. The van der Waals surface area contributed by atoms with E-state index in [4.69, 9.17) is 9.26 Å². The number of nitro groups is 1. The molecule has 0 atom stereocenters. The number of ether oxygens (including phenoxy) is 1. The van der Waals surface area contributed by atoms with Crippen LogP contribution in [0.15, 0.2) is 28.8 Å². The standard InChI is InChI=1S/C11H9N3O5/c1-2-18-11(15)10-12-9(13-19-10)7-4-3-5-8(6-7)14(16)17/h3-6H,2H2,1H3. The van der Waals surface area contributed by atoms with Gasteiger partial charge in [-0.3, -0.25) is 10.1 Å². The summed E-state index contributed by atoms with van der Waals surface area (Å²) in [5.41, 5.74) is 0.286. The second-order valence-electron chi connectivity index (χ2n) is 3.45. The lowest BCUT2D eigenvalue weighted by molar-refractivity contribution is -0.384. The van der Waals surface area contributed by atoms with Crippen LogP contribution in [0.1, 0.15) is 17.6 Å². The van der Waals surface area contributed by atoms with E-state index in [1.54, 1.807) is 13.0 Å². The first-order chi connectivity index (χ1) is 9.11. The Balaban J connectivity index is 2.30. The maximum Gasteiger partial charge on any atom is 0.397 e. The molecular weight excluding hydrogens is 254 g/mol. The molecule has 0 saturated heterocycles. The Morgan fingerprint density at radius 3 is 3.00 bits per heavy atom. The van der Waals surface area contributed by atoms with Gasteiger partial charge < -0.3 is 9.26 Å². The topological polar surface area (TPSA) is 108 Å². The summed E-state index contributed by atoms with van der Waals surface area (Å²) < 4.78 is 9.42. The molecule has 98 valence electrons. The summed E-state index contributed by atoms with van der Waals surface area (Å²) in [7, 11) is 0. The average molecular weight is 263 g/mol. The monoisotopic (exact) mass is 263 g/mol. The lowest BCUT2D eigenvalue weighted by atomic mass is 10.2. The zero-order valence-corrected chi connectivity index (χ0v) is 9.90. The van der Waals surface area contributed by atoms with Gasteiger partial charge in [0, 0.05) is 17.7 Å². The van der Waals surface area contributed by atoms with Gasteiger partial charge in [0.25, 0.3) is 5.69 Å². The predicted molar refractivity (Wildman–Crippen MR) is 62.3 cm³/mol. The van der Waals surface area contributed by atoms with Gasteiger partial charge in [-0.15, -0.1) is 0 Å². The van der Waals surface area contributed by atoms with E-state index in [9.17, 15) is 14.9 Å². The van der Waals surface area contributed by atoms with E-state index >= 15 is 0 Å². The van der Waals surface area contributed by atoms with Gasteiger partial charge in [0.2, 0.25) is 5.82 Å². The van der Waals surface area contributed by atoms with Crippen molar-refractivity contribution in [3.63, 3.8) is 0 Å². The van der Waals surface area contributed by atoms with E-state index in [0.717, 1.165) is 0 Å². The van der Waals surface area contributed by atoms with Crippen LogP contribution >= 0.6 is 0 Å². The number of aromatic nitrogens is 2. The van der Waals surface area contributed by atoms with Gasteiger partial charge in [0.05, 0.1) is 11.5 Å². The number of carbonyl (C=O) groups excluding carboxylic acids is 1. The zero-order chi connectivity index (χ0) is 13.8. The van der Waals surface area contributed by atoms with Crippen molar-refractivity contribution < 1.29 is 19.0 Å². The molecule has 0 aliphatic heterocycles. The minimum absolute atomic E-state index is 0.0896. The Morgan fingerprint density at radius 2 is 2.32 bits per heavy atom. The molecule has 0 spiro atoms. The highest BCUT2D eigenvalue weighted by Crippen LogP contribution is 2.21. The number of nitrogens with zero attached hydrogens (tertiary/aromatic N) is 3.